The average Bonchev–Trinajstić information content (AvgIpc) is 2.99. The summed E-state index contributed by atoms with van der Waals surface area (Å²) >= 11 is 0. The third-order valence-corrected chi connectivity index (χ3v) is 4.59. The first-order valence-corrected chi connectivity index (χ1v) is 7.95. The van der Waals surface area contributed by atoms with Gasteiger partial charge in [0.1, 0.15) is 0 Å². The molecule has 3 N–H and O–H groups in total. The van der Waals surface area contributed by atoms with Gasteiger partial charge >= 0.3 is 6.03 Å². The van der Waals surface area contributed by atoms with Crippen molar-refractivity contribution in [1.82, 2.24) is 15.5 Å². The molecule has 0 aromatic heterocycles. The molecule has 5 nitrogen and oxygen atoms in total. The molecule has 0 heterocycles. The SMILES string of the molecule is CCC(O)(CC)CNC(=O)NCCN(C)C1CCCC1. The molecule has 20 heavy (non-hydrogen) atoms. The third kappa shape index (κ3) is 5.67. The number of urea groups is 1. The highest BCUT2D eigenvalue weighted by atomic mass is 16.3. The number of hydrogen-bond donors (Lipinski definition) is 3. The summed E-state index contributed by atoms with van der Waals surface area (Å²) in [7, 11) is 2.13. The zero-order chi connectivity index (χ0) is 15.0. The summed E-state index contributed by atoms with van der Waals surface area (Å²) in [6.45, 7) is 5.70. The van der Waals surface area contributed by atoms with E-state index in [4.69, 9.17) is 0 Å². The molecule has 0 aromatic rings. The summed E-state index contributed by atoms with van der Waals surface area (Å²) in [4.78, 5) is 14.0. The lowest BCUT2D eigenvalue weighted by Gasteiger charge is -2.26. The Hall–Kier alpha value is -0.810. The second-order valence-corrected chi connectivity index (χ2v) is 5.96. The Labute approximate surface area is 123 Å². The lowest BCUT2D eigenvalue weighted by molar-refractivity contribution is 0.0349. The molecule has 0 aliphatic heterocycles. The van der Waals surface area contributed by atoms with Gasteiger partial charge in [0.2, 0.25) is 0 Å². The highest BCUT2D eigenvalue weighted by Gasteiger charge is 2.23. The van der Waals surface area contributed by atoms with Crippen LogP contribution in [0.5, 0.6) is 0 Å². The number of hydrogen-bond acceptors (Lipinski definition) is 3. The van der Waals surface area contributed by atoms with Crippen molar-refractivity contribution < 1.29 is 9.90 Å². The molecule has 0 unspecified atom stereocenters. The van der Waals surface area contributed by atoms with E-state index in [1.807, 2.05) is 13.8 Å². The third-order valence-electron chi connectivity index (χ3n) is 4.59. The second-order valence-electron chi connectivity index (χ2n) is 5.96. The van der Waals surface area contributed by atoms with E-state index in [9.17, 15) is 9.90 Å². The van der Waals surface area contributed by atoms with Crippen molar-refractivity contribution in [1.29, 1.82) is 0 Å². The van der Waals surface area contributed by atoms with Crippen molar-refractivity contribution in [3.8, 4) is 0 Å². The van der Waals surface area contributed by atoms with Crippen LogP contribution in [0.1, 0.15) is 52.4 Å². The van der Waals surface area contributed by atoms with Gasteiger partial charge in [0.05, 0.1) is 5.60 Å². The van der Waals surface area contributed by atoms with Gasteiger partial charge in [-0.15, -0.1) is 0 Å². The molecule has 5 heteroatoms. The molecule has 0 bridgehead atoms. The Morgan fingerprint density at radius 1 is 1.25 bits per heavy atom. The highest BCUT2D eigenvalue weighted by Crippen LogP contribution is 2.21. The molecule has 1 rings (SSSR count). The standard InChI is InChI=1S/C15H31N3O2/c1-4-15(20,5-2)12-17-14(19)16-10-11-18(3)13-8-6-7-9-13/h13,20H,4-12H2,1-3H3,(H2,16,17,19). The monoisotopic (exact) mass is 285 g/mol. The van der Waals surface area contributed by atoms with Gasteiger partial charge in [-0.05, 0) is 32.7 Å². The fraction of sp³-hybridized carbons (Fsp3) is 0.933. The Bertz CT molecular complexity index is 287. The normalized spacial score (nSPS) is 16.6. The van der Waals surface area contributed by atoms with Crippen LogP contribution in [-0.4, -0.2) is 54.4 Å². The number of carbonyl (C=O) groups is 1. The van der Waals surface area contributed by atoms with Gasteiger partial charge < -0.3 is 20.6 Å². The summed E-state index contributed by atoms with van der Waals surface area (Å²) < 4.78 is 0. The predicted octanol–water partition coefficient (Wildman–Crippen LogP) is 1.71. The van der Waals surface area contributed by atoms with E-state index in [2.05, 4.69) is 22.6 Å². The molecular weight excluding hydrogens is 254 g/mol. The fourth-order valence-corrected chi connectivity index (χ4v) is 2.68. The van der Waals surface area contributed by atoms with E-state index >= 15 is 0 Å². The Balaban J connectivity index is 2.13. The molecule has 1 fully saturated rings. The Morgan fingerprint density at radius 2 is 1.85 bits per heavy atom. The smallest absolute Gasteiger partial charge is 0.314 e. The zero-order valence-corrected chi connectivity index (χ0v) is 13.2. The van der Waals surface area contributed by atoms with E-state index in [1.54, 1.807) is 0 Å². The van der Waals surface area contributed by atoms with Crippen LogP contribution in [0.2, 0.25) is 0 Å². The van der Waals surface area contributed by atoms with Gasteiger partial charge in [-0.25, -0.2) is 4.79 Å². The van der Waals surface area contributed by atoms with Gasteiger partial charge in [-0.2, -0.15) is 0 Å². The fourth-order valence-electron chi connectivity index (χ4n) is 2.68. The topological polar surface area (TPSA) is 64.6 Å². The molecule has 0 spiro atoms. The van der Waals surface area contributed by atoms with Crippen molar-refractivity contribution in [2.75, 3.05) is 26.7 Å². The minimum atomic E-state index is -0.780. The number of nitrogens with zero attached hydrogens (tertiary/aromatic N) is 1. The molecule has 1 aliphatic rings. The van der Waals surface area contributed by atoms with Gasteiger partial charge in [0.15, 0.2) is 0 Å². The molecule has 0 atom stereocenters. The summed E-state index contributed by atoms with van der Waals surface area (Å²) in [5.74, 6) is 0. The first-order valence-electron chi connectivity index (χ1n) is 7.95. The predicted molar refractivity (Wildman–Crippen MR) is 81.8 cm³/mol. The van der Waals surface area contributed by atoms with Crippen LogP contribution in [-0.2, 0) is 0 Å². The van der Waals surface area contributed by atoms with Crippen LogP contribution in [0.15, 0.2) is 0 Å². The first-order chi connectivity index (χ1) is 9.50. The maximum atomic E-state index is 11.7. The van der Waals surface area contributed by atoms with E-state index in [0.717, 1.165) is 6.54 Å². The Morgan fingerprint density at radius 3 is 2.40 bits per heavy atom. The van der Waals surface area contributed by atoms with Gasteiger partial charge in [0, 0.05) is 25.7 Å². The summed E-state index contributed by atoms with van der Waals surface area (Å²) in [5.41, 5.74) is -0.780. The molecule has 0 saturated heterocycles. The summed E-state index contributed by atoms with van der Waals surface area (Å²) in [6, 6.07) is 0.496. The molecule has 0 radical (unpaired) electrons. The van der Waals surface area contributed by atoms with Crippen LogP contribution >= 0.6 is 0 Å². The van der Waals surface area contributed by atoms with E-state index in [1.165, 1.54) is 25.7 Å². The van der Waals surface area contributed by atoms with Crippen molar-refractivity contribution in [3.05, 3.63) is 0 Å². The maximum Gasteiger partial charge on any atom is 0.314 e. The van der Waals surface area contributed by atoms with E-state index in [0.29, 0.717) is 32.0 Å². The maximum absolute atomic E-state index is 11.7. The largest absolute Gasteiger partial charge is 0.388 e. The zero-order valence-electron chi connectivity index (χ0n) is 13.2. The van der Waals surface area contributed by atoms with Crippen LogP contribution in [0, 0.1) is 0 Å². The Kier molecular flexibility index (Phi) is 7.30. The van der Waals surface area contributed by atoms with Crippen LogP contribution in [0.25, 0.3) is 0 Å². The van der Waals surface area contributed by atoms with E-state index in [-0.39, 0.29) is 6.03 Å². The van der Waals surface area contributed by atoms with Crippen LogP contribution < -0.4 is 10.6 Å². The molecule has 1 aliphatic carbocycles. The molecule has 0 aromatic carbocycles. The van der Waals surface area contributed by atoms with Crippen molar-refractivity contribution in [2.45, 2.75) is 64.0 Å². The quantitative estimate of drug-likeness (QED) is 0.636. The van der Waals surface area contributed by atoms with E-state index < -0.39 is 5.60 Å². The summed E-state index contributed by atoms with van der Waals surface area (Å²) in [5, 5.41) is 15.7. The number of aliphatic hydroxyl groups is 1. The highest BCUT2D eigenvalue weighted by molar-refractivity contribution is 5.73. The first kappa shape index (κ1) is 17.2. The van der Waals surface area contributed by atoms with Crippen molar-refractivity contribution >= 4 is 6.03 Å². The van der Waals surface area contributed by atoms with Crippen LogP contribution in [0.3, 0.4) is 0 Å². The molecule has 2 amide bonds. The molecule has 118 valence electrons. The average molecular weight is 285 g/mol. The minimum Gasteiger partial charge on any atom is -0.388 e. The van der Waals surface area contributed by atoms with Gasteiger partial charge in [-0.3, -0.25) is 0 Å². The number of nitrogens with one attached hydrogen (secondary N) is 2. The van der Waals surface area contributed by atoms with Crippen molar-refractivity contribution in [3.63, 3.8) is 0 Å². The molecular formula is C15H31N3O2. The number of carbonyl (C=O) groups excluding carboxylic acids is 1. The van der Waals surface area contributed by atoms with Crippen molar-refractivity contribution in [2.24, 2.45) is 0 Å². The lowest BCUT2D eigenvalue weighted by atomic mass is 9.98. The second kappa shape index (κ2) is 8.47. The van der Waals surface area contributed by atoms with Gasteiger partial charge in [-0.1, -0.05) is 26.7 Å². The number of likely N-dealkylation sites (N-methyl/N-ethyl adjacent to an activating group) is 1. The molecule has 1 saturated carbocycles. The number of amides is 2. The van der Waals surface area contributed by atoms with Gasteiger partial charge in [0.25, 0.3) is 0 Å². The lowest BCUT2D eigenvalue weighted by Crippen LogP contribution is -2.47. The summed E-state index contributed by atoms with van der Waals surface area (Å²) in [6.07, 6.45) is 6.51. The number of rotatable bonds is 8. The minimum absolute atomic E-state index is 0.190. The van der Waals surface area contributed by atoms with Crippen LogP contribution in [0.4, 0.5) is 4.79 Å².